The second-order valence-corrected chi connectivity index (χ2v) is 10.9. The Bertz CT molecular complexity index is 1360. The van der Waals surface area contributed by atoms with E-state index in [-0.39, 0.29) is 60.1 Å². The molecular weight excluding hydrogens is 484 g/mol. The predicted octanol–water partition coefficient (Wildman–Crippen LogP) is 3.60. The van der Waals surface area contributed by atoms with Crippen LogP contribution in [0, 0.1) is 41.4 Å². The summed E-state index contributed by atoms with van der Waals surface area (Å²) in [6.45, 7) is 2.52. The van der Waals surface area contributed by atoms with Crippen LogP contribution in [0.2, 0.25) is 0 Å². The summed E-state index contributed by atoms with van der Waals surface area (Å²) in [4.78, 5) is 55.6. The molecule has 194 valence electrons. The van der Waals surface area contributed by atoms with E-state index in [1.54, 1.807) is 41.3 Å². The maximum atomic E-state index is 13.4. The van der Waals surface area contributed by atoms with Crippen molar-refractivity contribution < 1.29 is 28.7 Å². The molecule has 0 spiro atoms. The lowest BCUT2D eigenvalue weighted by Gasteiger charge is -2.37. The average molecular weight is 513 g/mol. The van der Waals surface area contributed by atoms with Crippen LogP contribution >= 0.6 is 0 Å². The zero-order valence-electron chi connectivity index (χ0n) is 21.0. The van der Waals surface area contributed by atoms with Gasteiger partial charge in [0.05, 0.1) is 35.7 Å². The molecule has 2 heterocycles. The molecule has 38 heavy (non-hydrogen) atoms. The summed E-state index contributed by atoms with van der Waals surface area (Å²) in [6, 6.07) is 13.8. The minimum absolute atomic E-state index is 0.0313. The highest BCUT2D eigenvalue weighted by Gasteiger charge is 2.67. The van der Waals surface area contributed by atoms with Gasteiger partial charge in [-0.25, -0.2) is 4.90 Å². The number of amides is 3. The lowest BCUT2D eigenvalue weighted by Crippen LogP contribution is -2.40. The monoisotopic (exact) mass is 512 g/mol. The highest BCUT2D eigenvalue weighted by molar-refractivity contribution is 6.22. The fourth-order valence-electron chi connectivity index (χ4n) is 7.15. The summed E-state index contributed by atoms with van der Waals surface area (Å²) in [5, 5.41) is 0. The van der Waals surface area contributed by atoms with Gasteiger partial charge in [-0.15, -0.1) is 0 Å². The van der Waals surface area contributed by atoms with Crippen molar-refractivity contribution in [2.24, 2.45) is 41.4 Å². The van der Waals surface area contributed by atoms with Crippen molar-refractivity contribution in [3.8, 4) is 11.5 Å². The first-order valence-electron chi connectivity index (χ1n) is 13.4. The van der Waals surface area contributed by atoms with Gasteiger partial charge in [0.15, 0.2) is 0 Å². The quantitative estimate of drug-likeness (QED) is 0.254. The number of hydrogen-bond donors (Lipinski definition) is 0. The molecule has 6 aliphatic rings. The van der Waals surface area contributed by atoms with Crippen LogP contribution in [0.25, 0.3) is 0 Å². The van der Waals surface area contributed by atoms with Crippen molar-refractivity contribution in [1.82, 2.24) is 0 Å². The number of carbonyl (C=O) groups is 4. The third-order valence-electron chi connectivity index (χ3n) is 8.87. The zero-order valence-corrected chi connectivity index (χ0v) is 21.0. The van der Waals surface area contributed by atoms with Crippen LogP contribution in [0.5, 0.6) is 11.5 Å². The molecule has 2 saturated heterocycles. The second kappa shape index (κ2) is 8.55. The first-order chi connectivity index (χ1) is 18.5. The zero-order chi connectivity index (χ0) is 26.1. The SMILES string of the molecule is CCOc1ccccc1N1C[C@H](C(=O)Oc2cccc(N3C(=O)[C@@H]4[C@H]5C=C[C@@H]([C@@H]6C[C@@H]56)[C@@H]4C3=O)c2)CC1=O. The number of esters is 1. The predicted molar refractivity (Wildman–Crippen MR) is 137 cm³/mol. The van der Waals surface area contributed by atoms with Crippen molar-refractivity contribution in [1.29, 1.82) is 0 Å². The van der Waals surface area contributed by atoms with E-state index in [1.807, 2.05) is 19.1 Å². The Hall–Kier alpha value is -3.94. The molecule has 2 aliphatic heterocycles. The van der Waals surface area contributed by atoms with Gasteiger partial charge in [-0.2, -0.15) is 0 Å². The Labute approximate surface area is 220 Å². The van der Waals surface area contributed by atoms with Crippen LogP contribution in [0.1, 0.15) is 19.8 Å². The number of hydrogen-bond acceptors (Lipinski definition) is 6. The first kappa shape index (κ1) is 23.2. The molecule has 4 aliphatic carbocycles. The highest BCUT2D eigenvalue weighted by Crippen LogP contribution is 2.65. The lowest BCUT2D eigenvalue weighted by molar-refractivity contribution is -0.139. The van der Waals surface area contributed by atoms with Crippen LogP contribution in [0.3, 0.4) is 0 Å². The number of imide groups is 1. The molecule has 2 aromatic rings. The maximum Gasteiger partial charge on any atom is 0.316 e. The highest BCUT2D eigenvalue weighted by atomic mass is 16.5. The van der Waals surface area contributed by atoms with Gasteiger partial charge in [0, 0.05) is 19.0 Å². The Morgan fingerprint density at radius 1 is 0.947 bits per heavy atom. The van der Waals surface area contributed by atoms with Gasteiger partial charge < -0.3 is 14.4 Å². The number of benzene rings is 2. The van der Waals surface area contributed by atoms with E-state index in [9.17, 15) is 19.2 Å². The summed E-state index contributed by atoms with van der Waals surface area (Å²) in [5.74, 6) is -0.0465. The van der Waals surface area contributed by atoms with Crippen LogP contribution < -0.4 is 19.3 Å². The third kappa shape index (κ3) is 3.42. The fraction of sp³-hybridized carbons (Fsp3) is 0.400. The molecule has 8 nitrogen and oxygen atoms in total. The maximum absolute atomic E-state index is 13.4. The van der Waals surface area contributed by atoms with Crippen molar-refractivity contribution in [2.45, 2.75) is 19.8 Å². The molecule has 8 rings (SSSR count). The smallest absolute Gasteiger partial charge is 0.316 e. The number of rotatable bonds is 6. The van der Waals surface area contributed by atoms with Crippen LogP contribution in [-0.4, -0.2) is 36.8 Å². The van der Waals surface area contributed by atoms with Gasteiger partial charge in [0.1, 0.15) is 11.5 Å². The van der Waals surface area contributed by atoms with Crippen molar-refractivity contribution in [3.05, 3.63) is 60.7 Å². The normalized spacial score (nSPS) is 32.4. The number of nitrogens with zero attached hydrogens (tertiary/aromatic N) is 2. The summed E-state index contributed by atoms with van der Waals surface area (Å²) in [7, 11) is 0. The molecule has 0 unspecified atom stereocenters. The van der Waals surface area contributed by atoms with Gasteiger partial charge >= 0.3 is 5.97 Å². The molecule has 2 saturated carbocycles. The molecule has 4 fully saturated rings. The number of carbonyl (C=O) groups excluding carboxylic acids is 4. The summed E-state index contributed by atoms with van der Waals surface area (Å²) in [5.41, 5.74) is 1.05. The lowest BCUT2D eigenvalue weighted by atomic mass is 9.63. The Morgan fingerprint density at radius 2 is 1.66 bits per heavy atom. The molecule has 2 bridgehead atoms. The Morgan fingerprint density at radius 3 is 2.37 bits per heavy atom. The first-order valence-corrected chi connectivity index (χ1v) is 13.4. The van der Waals surface area contributed by atoms with Crippen molar-refractivity contribution >= 4 is 35.1 Å². The molecule has 2 aromatic carbocycles. The third-order valence-corrected chi connectivity index (χ3v) is 8.87. The van der Waals surface area contributed by atoms with Crippen LogP contribution in [-0.2, 0) is 19.2 Å². The summed E-state index contributed by atoms with van der Waals surface area (Å²) >= 11 is 0. The van der Waals surface area contributed by atoms with E-state index in [4.69, 9.17) is 9.47 Å². The Balaban J connectivity index is 1.07. The molecule has 8 heteroatoms. The minimum Gasteiger partial charge on any atom is -0.492 e. The topological polar surface area (TPSA) is 93.2 Å². The molecule has 7 atom stereocenters. The fourth-order valence-corrected chi connectivity index (χ4v) is 7.15. The van der Waals surface area contributed by atoms with Gasteiger partial charge in [-0.1, -0.05) is 30.4 Å². The van der Waals surface area contributed by atoms with Gasteiger partial charge in [-0.05, 0) is 61.3 Å². The average Bonchev–Trinajstić information content (AvgIpc) is 3.60. The van der Waals surface area contributed by atoms with E-state index < -0.39 is 11.9 Å². The number of ether oxygens (including phenoxy) is 2. The molecular formula is C30H28N2O6. The van der Waals surface area contributed by atoms with Gasteiger partial charge in [0.25, 0.3) is 0 Å². The molecule has 0 radical (unpaired) electrons. The van der Waals surface area contributed by atoms with Crippen molar-refractivity contribution in [2.75, 3.05) is 23.0 Å². The largest absolute Gasteiger partial charge is 0.492 e. The minimum atomic E-state index is -0.646. The van der Waals surface area contributed by atoms with E-state index in [1.165, 1.54) is 4.90 Å². The van der Waals surface area contributed by atoms with Gasteiger partial charge in [0.2, 0.25) is 17.7 Å². The van der Waals surface area contributed by atoms with Gasteiger partial charge in [-0.3, -0.25) is 19.2 Å². The van der Waals surface area contributed by atoms with Crippen molar-refractivity contribution in [3.63, 3.8) is 0 Å². The molecule has 0 N–H and O–H groups in total. The van der Waals surface area contributed by atoms with E-state index in [0.29, 0.717) is 35.6 Å². The summed E-state index contributed by atoms with van der Waals surface area (Å²) < 4.78 is 11.3. The molecule has 3 amide bonds. The number of allylic oxidation sites excluding steroid dienone is 2. The van der Waals surface area contributed by atoms with E-state index in [0.717, 1.165) is 6.42 Å². The number of anilines is 2. The van der Waals surface area contributed by atoms with Crippen LogP contribution in [0.4, 0.5) is 11.4 Å². The van der Waals surface area contributed by atoms with Crippen LogP contribution in [0.15, 0.2) is 60.7 Å². The van der Waals surface area contributed by atoms with E-state index >= 15 is 0 Å². The number of para-hydroxylation sites is 2. The summed E-state index contributed by atoms with van der Waals surface area (Å²) in [6.07, 6.45) is 5.43. The van der Waals surface area contributed by atoms with E-state index in [2.05, 4.69) is 12.2 Å². The molecule has 0 aromatic heterocycles. The standard InChI is InChI=1S/C30H28N2O6/c1-2-37-24-9-4-3-8-23(24)31-15-16(12-25(31)33)30(36)38-18-7-5-6-17(13-18)32-28(34)26-19-10-11-20(22-14-21(19)22)27(26)29(32)35/h3-11,13,16,19-22,26-27H,2,12,14-15H2,1H3/t16-,19+,20+,21+,22+,26-,27+/m1/s1. The Kier molecular flexibility index (Phi) is 5.22. The second-order valence-electron chi connectivity index (χ2n) is 10.9.